The Kier molecular flexibility index (Phi) is 4.64. The van der Waals surface area contributed by atoms with Crippen LogP contribution in [-0.2, 0) is 10.3 Å². The summed E-state index contributed by atoms with van der Waals surface area (Å²) in [6, 6.07) is 18.7. The number of rotatable bonds is 5. The van der Waals surface area contributed by atoms with Gasteiger partial charge in [0.05, 0.1) is 6.26 Å². The molecule has 2 heterocycles. The van der Waals surface area contributed by atoms with Gasteiger partial charge in [-0.05, 0) is 42.3 Å². The smallest absolute Gasteiger partial charge is 0.322 e. The van der Waals surface area contributed by atoms with Crippen molar-refractivity contribution in [1.29, 1.82) is 0 Å². The van der Waals surface area contributed by atoms with Crippen LogP contribution in [0.2, 0.25) is 0 Å². The maximum Gasteiger partial charge on any atom is 0.322 e. The van der Waals surface area contributed by atoms with Crippen LogP contribution < -0.4 is 16.0 Å². The van der Waals surface area contributed by atoms with Gasteiger partial charge in [0, 0.05) is 5.56 Å². The van der Waals surface area contributed by atoms with E-state index < -0.39 is 23.5 Å². The molecule has 0 bridgehead atoms. The zero-order chi connectivity index (χ0) is 20.4. The van der Waals surface area contributed by atoms with Crippen LogP contribution in [-0.4, -0.2) is 17.8 Å². The van der Waals surface area contributed by atoms with Crippen LogP contribution in [0.15, 0.2) is 77.4 Å². The highest BCUT2D eigenvalue weighted by molar-refractivity contribution is 6.07. The van der Waals surface area contributed by atoms with Gasteiger partial charge in [-0.3, -0.25) is 14.9 Å². The molecule has 7 heteroatoms. The normalized spacial score (nSPS) is 19.3. The molecule has 1 aliphatic rings. The third kappa shape index (κ3) is 3.50. The molecule has 1 fully saturated rings. The Labute approximate surface area is 167 Å². The van der Waals surface area contributed by atoms with Crippen LogP contribution in [0.25, 0.3) is 0 Å². The predicted molar refractivity (Wildman–Crippen MR) is 105 cm³/mol. The predicted octanol–water partition coefficient (Wildman–Crippen LogP) is 2.85. The molecule has 3 aromatic rings. The molecule has 0 unspecified atom stereocenters. The van der Waals surface area contributed by atoms with Crippen LogP contribution in [0.5, 0.6) is 0 Å². The van der Waals surface area contributed by atoms with Gasteiger partial charge in [-0.1, -0.05) is 42.5 Å². The molecule has 3 N–H and O–H groups in total. The first kappa shape index (κ1) is 18.5. The summed E-state index contributed by atoms with van der Waals surface area (Å²) in [4.78, 5) is 36.4. The van der Waals surface area contributed by atoms with Gasteiger partial charge in [-0.25, -0.2) is 4.79 Å². The number of furan rings is 1. The molecule has 4 rings (SSSR count). The molecule has 0 aliphatic carbocycles. The van der Waals surface area contributed by atoms with Crippen molar-refractivity contribution in [3.05, 3.63) is 95.4 Å². The number of hydrogen-bond donors (Lipinski definition) is 3. The van der Waals surface area contributed by atoms with E-state index in [0.29, 0.717) is 16.9 Å². The van der Waals surface area contributed by atoms with Crippen LogP contribution in [0.1, 0.15) is 40.2 Å². The fourth-order valence-corrected chi connectivity index (χ4v) is 3.34. The van der Waals surface area contributed by atoms with E-state index in [2.05, 4.69) is 16.0 Å². The Morgan fingerprint density at radius 2 is 1.72 bits per heavy atom. The van der Waals surface area contributed by atoms with Gasteiger partial charge in [0.15, 0.2) is 0 Å². The Balaban J connectivity index is 1.56. The van der Waals surface area contributed by atoms with Crippen LogP contribution in [0.3, 0.4) is 0 Å². The van der Waals surface area contributed by atoms with Crippen LogP contribution in [0.4, 0.5) is 4.79 Å². The minimum atomic E-state index is -1.16. The van der Waals surface area contributed by atoms with E-state index in [4.69, 9.17) is 4.42 Å². The first-order valence-electron chi connectivity index (χ1n) is 9.11. The fourth-order valence-electron chi connectivity index (χ4n) is 3.34. The number of imide groups is 1. The summed E-state index contributed by atoms with van der Waals surface area (Å²) < 4.78 is 5.51. The summed E-state index contributed by atoms with van der Waals surface area (Å²) in [5.41, 5.74) is 0.746. The van der Waals surface area contributed by atoms with Crippen molar-refractivity contribution in [2.75, 3.05) is 0 Å². The molecule has 1 aromatic heterocycles. The average molecular weight is 389 g/mol. The summed E-state index contributed by atoms with van der Waals surface area (Å²) in [6.07, 6.45) is 1.56. The van der Waals surface area contributed by atoms with Crippen molar-refractivity contribution >= 4 is 17.8 Å². The molecule has 2 atom stereocenters. The molecule has 29 heavy (non-hydrogen) atoms. The summed E-state index contributed by atoms with van der Waals surface area (Å²) in [5.74, 6) is -0.0902. The summed E-state index contributed by atoms with van der Waals surface area (Å²) in [7, 11) is 0. The molecule has 0 radical (unpaired) electrons. The topological polar surface area (TPSA) is 100 Å². The van der Waals surface area contributed by atoms with Crippen molar-refractivity contribution in [2.45, 2.75) is 18.5 Å². The van der Waals surface area contributed by atoms with Crippen LogP contribution >= 0.6 is 0 Å². The van der Waals surface area contributed by atoms with Gasteiger partial charge >= 0.3 is 6.03 Å². The van der Waals surface area contributed by atoms with Crippen molar-refractivity contribution in [1.82, 2.24) is 16.0 Å². The third-order valence-corrected chi connectivity index (χ3v) is 5.01. The number of amides is 4. The number of urea groups is 1. The Morgan fingerprint density at radius 3 is 2.31 bits per heavy atom. The quantitative estimate of drug-likeness (QED) is 0.584. The molecule has 1 aliphatic heterocycles. The molecular formula is C22H19N3O4. The van der Waals surface area contributed by atoms with Gasteiger partial charge in [-0.2, -0.15) is 0 Å². The van der Waals surface area contributed by atoms with Gasteiger partial charge in [0.25, 0.3) is 11.8 Å². The first-order valence-corrected chi connectivity index (χ1v) is 9.11. The van der Waals surface area contributed by atoms with E-state index in [0.717, 1.165) is 5.56 Å². The molecule has 1 saturated heterocycles. The van der Waals surface area contributed by atoms with Crippen molar-refractivity contribution in [2.24, 2.45) is 0 Å². The average Bonchev–Trinajstić information content (AvgIpc) is 3.35. The molecule has 2 aromatic carbocycles. The van der Waals surface area contributed by atoms with E-state index in [1.165, 1.54) is 0 Å². The lowest BCUT2D eigenvalue weighted by atomic mass is 9.91. The molecule has 0 saturated carbocycles. The number of carbonyl (C=O) groups excluding carboxylic acids is 3. The fraction of sp³-hybridized carbons (Fsp3) is 0.136. The highest BCUT2D eigenvalue weighted by atomic mass is 16.3. The highest BCUT2D eigenvalue weighted by Gasteiger charge is 2.43. The lowest BCUT2D eigenvalue weighted by Gasteiger charge is -2.21. The number of benzene rings is 2. The van der Waals surface area contributed by atoms with Gasteiger partial charge in [-0.15, -0.1) is 0 Å². The number of nitrogens with one attached hydrogen (secondary N) is 3. The maximum absolute atomic E-state index is 12.9. The minimum Gasteiger partial charge on any atom is -0.467 e. The van der Waals surface area contributed by atoms with Gasteiger partial charge in [0.2, 0.25) is 0 Å². The minimum absolute atomic E-state index is 0.285. The molecular weight excluding hydrogens is 370 g/mol. The largest absolute Gasteiger partial charge is 0.467 e. The van der Waals surface area contributed by atoms with E-state index >= 15 is 0 Å². The Hall–Kier alpha value is -3.87. The van der Waals surface area contributed by atoms with E-state index in [1.54, 1.807) is 43.5 Å². The second-order valence-corrected chi connectivity index (χ2v) is 6.94. The summed E-state index contributed by atoms with van der Waals surface area (Å²) in [5, 5.41) is 7.81. The third-order valence-electron chi connectivity index (χ3n) is 5.01. The lowest BCUT2D eigenvalue weighted by Crippen LogP contribution is -2.40. The van der Waals surface area contributed by atoms with Crippen molar-refractivity contribution in [3.63, 3.8) is 0 Å². The highest BCUT2D eigenvalue weighted by Crippen LogP contribution is 2.26. The Morgan fingerprint density at radius 1 is 1.00 bits per heavy atom. The number of carbonyl (C=O) groups is 3. The summed E-state index contributed by atoms with van der Waals surface area (Å²) in [6.45, 7) is 1.62. The monoisotopic (exact) mass is 389 g/mol. The second kappa shape index (κ2) is 7.27. The lowest BCUT2D eigenvalue weighted by molar-refractivity contribution is -0.123. The first-order chi connectivity index (χ1) is 14.0. The zero-order valence-electron chi connectivity index (χ0n) is 15.6. The van der Waals surface area contributed by atoms with E-state index in [9.17, 15) is 14.4 Å². The van der Waals surface area contributed by atoms with Crippen molar-refractivity contribution in [3.8, 4) is 0 Å². The SMILES string of the molecule is C[C@@]1(c2ccc(C(=O)N[C@H](c3ccccc3)c3ccco3)cc2)NC(=O)NC1=O. The maximum atomic E-state index is 12.9. The van der Waals surface area contributed by atoms with Crippen molar-refractivity contribution < 1.29 is 18.8 Å². The van der Waals surface area contributed by atoms with Gasteiger partial charge < -0.3 is 15.1 Å². The van der Waals surface area contributed by atoms with Crippen LogP contribution in [0, 0.1) is 0 Å². The van der Waals surface area contributed by atoms with Gasteiger partial charge in [0.1, 0.15) is 17.3 Å². The molecule has 146 valence electrons. The number of hydrogen-bond acceptors (Lipinski definition) is 4. The molecule has 0 spiro atoms. The van der Waals surface area contributed by atoms with E-state index in [1.807, 2.05) is 36.4 Å². The standard InChI is InChI=1S/C22H19N3O4/c1-22(20(27)24-21(28)25-22)16-11-9-15(10-12-16)19(26)23-18(17-8-5-13-29-17)14-6-3-2-4-7-14/h2-13,18H,1H3,(H,23,26)(H2,24,25,27,28)/t18-,22+/m1/s1. The second-order valence-electron chi connectivity index (χ2n) is 6.94. The van der Waals surface area contributed by atoms with E-state index in [-0.39, 0.29) is 5.91 Å². The molecule has 7 nitrogen and oxygen atoms in total. The zero-order valence-corrected chi connectivity index (χ0v) is 15.6. The Bertz CT molecular complexity index is 1050. The summed E-state index contributed by atoms with van der Waals surface area (Å²) >= 11 is 0. The molecule has 4 amide bonds.